The molecule has 3 heteroatoms. The van der Waals surface area contributed by atoms with Gasteiger partial charge in [-0.15, -0.1) is 0 Å². The van der Waals surface area contributed by atoms with Gasteiger partial charge in [0, 0.05) is 11.1 Å². The Morgan fingerprint density at radius 2 is 1.92 bits per heavy atom. The fourth-order valence-electron chi connectivity index (χ4n) is 1.23. The molecule has 2 nitrogen and oxygen atoms in total. The van der Waals surface area contributed by atoms with Crippen LogP contribution in [0.4, 0.5) is 0 Å². The Kier molecular flexibility index (Phi) is 3.24. The van der Waals surface area contributed by atoms with Gasteiger partial charge in [0.15, 0.2) is 0 Å². The molecule has 0 unspecified atom stereocenters. The van der Waals surface area contributed by atoms with E-state index >= 15 is 0 Å². The number of aromatic hydroxyl groups is 1. The summed E-state index contributed by atoms with van der Waals surface area (Å²) in [6.45, 7) is 1.91. The van der Waals surface area contributed by atoms with E-state index in [1.807, 2.05) is 31.2 Å². The number of aromatic nitrogens is 1. The van der Waals surface area contributed by atoms with Crippen LogP contribution < -0.4 is 0 Å². The molecule has 2 radical (unpaired) electrons. The molecule has 0 aliphatic carbocycles. The van der Waals surface area contributed by atoms with E-state index in [1.165, 1.54) is 0 Å². The normalized spacial score (nSPS) is 9.62. The number of phenolic OH excluding ortho intramolecular Hbond substituents is 1. The summed E-state index contributed by atoms with van der Waals surface area (Å²) in [6, 6.07) is 9.28. The quantitative estimate of drug-likeness (QED) is 0.712. The molecule has 2 aromatic rings. The van der Waals surface area contributed by atoms with Crippen molar-refractivity contribution in [3.63, 3.8) is 0 Å². The number of aryl methyl sites for hydroxylation is 1. The van der Waals surface area contributed by atoms with Crippen molar-refractivity contribution in [2.45, 2.75) is 6.92 Å². The average molecular weight is 368 g/mol. The Morgan fingerprint density at radius 1 is 1.15 bits per heavy atom. The van der Waals surface area contributed by atoms with E-state index in [2.05, 4.69) is 4.98 Å². The molecular weight excluding hydrogens is 357 g/mol. The van der Waals surface area contributed by atoms with Crippen LogP contribution in [0.15, 0.2) is 30.3 Å². The first-order valence-corrected chi connectivity index (χ1v) is 3.83. The van der Waals surface area contributed by atoms with Crippen LogP contribution >= 0.6 is 0 Å². The first-order valence-electron chi connectivity index (χ1n) is 3.83. The van der Waals surface area contributed by atoms with Crippen molar-refractivity contribution in [3.05, 3.63) is 36.0 Å². The van der Waals surface area contributed by atoms with Gasteiger partial charge in [0.2, 0.25) is 0 Å². The predicted octanol–water partition coefficient (Wildman–Crippen LogP) is 1.33. The monoisotopic (exact) mass is 369 g/mol. The molecule has 0 atom stereocenters. The number of hydrogen-bond donors (Lipinski definition) is 1. The molecule has 0 bridgehead atoms. The van der Waals surface area contributed by atoms with Crippen LogP contribution in [0.25, 0.3) is 10.9 Å². The van der Waals surface area contributed by atoms with Crippen LogP contribution in [0.2, 0.25) is 0 Å². The number of pyridine rings is 1. The topological polar surface area (TPSA) is 33.1 Å². The van der Waals surface area contributed by atoms with Gasteiger partial charge < -0.3 is 5.11 Å². The minimum absolute atomic E-state index is 0. The zero-order valence-corrected chi connectivity index (χ0v) is 13.0. The van der Waals surface area contributed by atoms with Crippen molar-refractivity contribution in [3.8, 4) is 5.75 Å². The number of rotatable bonds is 0. The maximum absolute atomic E-state index is 9.43. The molecule has 1 N–H and O–H groups in total. The Balaban J connectivity index is 0.000000845. The van der Waals surface area contributed by atoms with Gasteiger partial charge in [0.05, 0.1) is 0 Å². The Hall–Kier alpha value is -0.648. The number of nitrogens with zero attached hydrogens (tertiary/aromatic N) is 1. The number of hydrogen-bond acceptors (Lipinski definition) is 2. The van der Waals surface area contributed by atoms with Gasteiger partial charge >= 0.3 is 27.3 Å². The Morgan fingerprint density at radius 3 is 2.69 bits per heavy atom. The Labute approximate surface area is 96.8 Å². The maximum atomic E-state index is 9.43. The number of phenols is 1. The predicted molar refractivity (Wildman–Crippen MR) is 56.7 cm³/mol. The molecular formula is C10H11NOPb. The van der Waals surface area contributed by atoms with Crippen molar-refractivity contribution in [1.82, 2.24) is 4.98 Å². The second kappa shape index (κ2) is 4.04. The van der Waals surface area contributed by atoms with Crippen LogP contribution in [0.5, 0.6) is 5.75 Å². The molecule has 2 rings (SSSR count). The van der Waals surface area contributed by atoms with Crippen LogP contribution in [0, 0.1) is 6.92 Å². The van der Waals surface area contributed by atoms with Crippen molar-refractivity contribution in [2.75, 3.05) is 0 Å². The molecule has 1 heterocycles. The first kappa shape index (κ1) is 10.4. The number of fused-ring (bicyclic) bond motifs is 1. The third-order valence-corrected chi connectivity index (χ3v) is 1.84. The molecule has 66 valence electrons. The molecule has 0 aliphatic rings. The third kappa shape index (κ3) is 1.99. The molecule has 0 aliphatic heterocycles. The van der Waals surface area contributed by atoms with Gasteiger partial charge in [-0.3, -0.25) is 0 Å². The van der Waals surface area contributed by atoms with Gasteiger partial charge in [0.25, 0.3) is 0 Å². The second-order valence-electron chi connectivity index (χ2n) is 2.80. The van der Waals surface area contributed by atoms with Gasteiger partial charge in [-0.2, -0.15) is 0 Å². The third-order valence-electron chi connectivity index (χ3n) is 1.84. The van der Waals surface area contributed by atoms with Crippen molar-refractivity contribution in [2.24, 2.45) is 0 Å². The summed E-state index contributed by atoms with van der Waals surface area (Å²) in [5, 5.41) is 10.4. The molecule has 0 amide bonds. The van der Waals surface area contributed by atoms with E-state index in [1.54, 1.807) is 6.07 Å². The average Bonchev–Trinajstić information content (AvgIpc) is 2.07. The van der Waals surface area contributed by atoms with Crippen molar-refractivity contribution < 1.29 is 5.11 Å². The molecule has 1 aromatic heterocycles. The fraction of sp³-hybridized carbons (Fsp3) is 0.100. The number of benzene rings is 1. The second-order valence-corrected chi connectivity index (χ2v) is 2.80. The summed E-state index contributed by atoms with van der Waals surface area (Å²) >= 11 is 0. The van der Waals surface area contributed by atoms with E-state index < -0.39 is 0 Å². The van der Waals surface area contributed by atoms with E-state index in [0.717, 1.165) is 11.1 Å². The van der Waals surface area contributed by atoms with Gasteiger partial charge in [-0.25, -0.2) is 4.98 Å². The van der Waals surface area contributed by atoms with Crippen LogP contribution in [0.1, 0.15) is 5.69 Å². The summed E-state index contributed by atoms with van der Waals surface area (Å²) in [7, 11) is 0. The number of para-hydroxylation sites is 1. The first-order chi connectivity index (χ1) is 5.77. The van der Waals surface area contributed by atoms with E-state index in [9.17, 15) is 5.11 Å². The summed E-state index contributed by atoms with van der Waals surface area (Å²) in [5.74, 6) is 0.246. The molecule has 0 saturated carbocycles. The summed E-state index contributed by atoms with van der Waals surface area (Å²) in [6.07, 6.45) is 0. The van der Waals surface area contributed by atoms with E-state index in [0.29, 0.717) is 5.52 Å². The van der Waals surface area contributed by atoms with Gasteiger partial charge in [-0.05, 0) is 19.1 Å². The zero-order chi connectivity index (χ0) is 8.55. The zero-order valence-electron chi connectivity index (χ0n) is 7.49. The van der Waals surface area contributed by atoms with Crippen LogP contribution in [0.3, 0.4) is 0 Å². The molecule has 0 fully saturated rings. The molecule has 0 spiro atoms. The van der Waals surface area contributed by atoms with E-state index in [4.69, 9.17) is 0 Å². The molecule has 1 aromatic carbocycles. The Bertz CT molecular complexity index is 428. The van der Waals surface area contributed by atoms with Crippen LogP contribution in [-0.2, 0) is 0 Å². The van der Waals surface area contributed by atoms with Crippen LogP contribution in [-0.4, -0.2) is 37.4 Å². The molecule has 13 heavy (non-hydrogen) atoms. The van der Waals surface area contributed by atoms with Gasteiger partial charge in [-0.1, -0.05) is 18.2 Å². The van der Waals surface area contributed by atoms with E-state index in [-0.39, 0.29) is 33.0 Å². The summed E-state index contributed by atoms with van der Waals surface area (Å²) in [4.78, 5) is 4.23. The molecule has 0 saturated heterocycles. The fourth-order valence-corrected chi connectivity index (χ4v) is 1.23. The summed E-state index contributed by atoms with van der Waals surface area (Å²) in [5.41, 5.74) is 1.60. The minimum atomic E-state index is 0. The summed E-state index contributed by atoms with van der Waals surface area (Å²) < 4.78 is 0. The van der Waals surface area contributed by atoms with Crippen molar-refractivity contribution in [1.29, 1.82) is 0 Å². The SMILES string of the molecule is Cc1ccc2cccc(O)c2n1.[PbH2]. The standard InChI is InChI=1S/C10H9NO.Pb.2H/c1-7-5-6-8-3-2-4-9(12)10(8)11-7;;;/h2-6,12H,1H3;;;. The van der Waals surface area contributed by atoms with Gasteiger partial charge in [0.1, 0.15) is 11.3 Å². The van der Waals surface area contributed by atoms with Crippen molar-refractivity contribution >= 4 is 38.2 Å².